The van der Waals surface area contributed by atoms with Crippen molar-refractivity contribution in [3.8, 4) is 0 Å². The van der Waals surface area contributed by atoms with Crippen molar-refractivity contribution in [3.63, 3.8) is 0 Å². The number of carbonyl (C=O) groups is 1. The number of nitrogens with one attached hydrogen (secondary N) is 2. The predicted octanol–water partition coefficient (Wildman–Crippen LogP) is 1.42. The van der Waals surface area contributed by atoms with E-state index in [1.807, 2.05) is 13.8 Å². The molecule has 1 aliphatic rings. The molecule has 5 heteroatoms. The van der Waals surface area contributed by atoms with Gasteiger partial charge in [0.2, 0.25) is 0 Å². The van der Waals surface area contributed by atoms with Crippen molar-refractivity contribution in [1.29, 1.82) is 0 Å². The molecule has 20 heavy (non-hydrogen) atoms. The molecule has 114 valence electrons. The lowest BCUT2D eigenvalue weighted by Gasteiger charge is -2.17. The summed E-state index contributed by atoms with van der Waals surface area (Å²) in [7, 11) is 0. The lowest BCUT2D eigenvalue weighted by atomic mass is 10.1. The zero-order valence-corrected chi connectivity index (χ0v) is 12.8. The summed E-state index contributed by atoms with van der Waals surface area (Å²) < 4.78 is 5.30. The maximum Gasteiger partial charge on any atom is 0.251 e. The van der Waals surface area contributed by atoms with Gasteiger partial charge < -0.3 is 21.1 Å². The SMILES string of the molecule is C=C(C(=O)NCCOCCC)/C(C)=C(/N)NC1(C)CC1. The van der Waals surface area contributed by atoms with Crippen LogP contribution in [0.3, 0.4) is 0 Å². The Morgan fingerprint density at radius 1 is 1.40 bits per heavy atom. The molecule has 0 atom stereocenters. The molecule has 1 rings (SSSR count). The Bertz CT molecular complexity index is 398. The average molecular weight is 281 g/mol. The number of amides is 1. The van der Waals surface area contributed by atoms with E-state index in [4.69, 9.17) is 10.5 Å². The van der Waals surface area contributed by atoms with Gasteiger partial charge in [0, 0.05) is 29.8 Å². The summed E-state index contributed by atoms with van der Waals surface area (Å²) in [5.41, 5.74) is 7.17. The molecule has 0 spiro atoms. The van der Waals surface area contributed by atoms with E-state index in [9.17, 15) is 4.79 Å². The normalized spacial score (nSPS) is 17.1. The minimum Gasteiger partial charge on any atom is -0.385 e. The van der Waals surface area contributed by atoms with Gasteiger partial charge in [-0.25, -0.2) is 0 Å². The van der Waals surface area contributed by atoms with Crippen molar-refractivity contribution in [3.05, 3.63) is 23.5 Å². The van der Waals surface area contributed by atoms with Crippen LogP contribution in [0.25, 0.3) is 0 Å². The molecule has 0 radical (unpaired) electrons. The molecular weight excluding hydrogens is 254 g/mol. The number of rotatable bonds is 9. The highest BCUT2D eigenvalue weighted by Gasteiger charge is 2.37. The molecule has 0 saturated heterocycles. The van der Waals surface area contributed by atoms with Crippen LogP contribution in [0.5, 0.6) is 0 Å². The van der Waals surface area contributed by atoms with Crippen LogP contribution >= 0.6 is 0 Å². The summed E-state index contributed by atoms with van der Waals surface area (Å²) in [4.78, 5) is 11.9. The van der Waals surface area contributed by atoms with Crippen LogP contribution in [0.2, 0.25) is 0 Å². The highest BCUT2D eigenvalue weighted by molar-refractivity contribution is 5.97. The third-order valence-corrected chi connectivity index (χ3v) is 3.45. The first-order valence-electron chi connectivity index (χ1n) is 7.19. The molecule has 1 fully saturated rings. The number of carbonyl (C=O) groups excluding carboxylic acids is 1. The molecule has 0 bridgehead atoms. The van der Waals surface area contributed by atoms with Gasteiger partial charge in [-0.2, -0.15) is 0 Å². The molecule has 0 aliphatic heterocycles. The Morgan fingerprint density at radius 3 is 2.60 bits per heavy atom. The first-order valence-corrected chi connectivity index (χ1v) is 7.19. The van der Waals surface area contributed by atoms with Gasteiger partial charge in [0.15, 0.2) is 0 Å². The van der Waals surface area contributed by atoms with Crippen molar-refractivity contribution >= 4 is 5.91 Å². The third kappa shape index (κ3) is 5.25. The Hall–Kier alpha value is -1.49. The third-order valence-electron chi connectivity index (χ3n) is 3.45. The van der Waals surface area contributed by atoms with Crippen LogP contribution in [-0.4, -0.2) is 31.2 Å². The standard InChI is InChI=1S/C15H27N3O2/c1-5-9-20-10-8-17-14(19)12(3)11(2)13(16)18-15(4)6-7-15/h18H,3,5-10,16H2,1-2,4H3,(H,17,19)/b13-11-. The van der Waals surface area contributed by atoms with Crippen LogP contribution in [-0.2, 0) is 9.53 Å². The summed E-state index contributed by atoms with van der Waals surface area (Å²) in [6.45, 7) is 11.5. The number of ether oxygens (including phenoxy) is 1. The molecule has 0 unspecified atom stereocenters. The van der Waals surface area contributed by atoms with Crippen molar-refractivity contribution < 1.29 is 9.53 Å². The summed E-state index contributed by atoms with van der Waals surface area (Å²) in [6.07, 6.45) is 3.19. The molecular formula is C15H27N3O2. The minimum absolute atomic E-state index is 0.0933. The smallest absolute Gasteiger partial charge is 0.251 e. The first-order chi connectivity index (χ1) is 9.39. The van der Waals surface area contributed by atoms with E-state index in [0.717, 1.165) is 19.3 Å². The molecule has 0 aromatic carbocycles. The second-order valence-electron chi connectivity index (χ2n) is 5.57. The van der Waals surface area contributed by atoms with Crippen molar-refractivity contribution in [2.75, 3.05) is 19.8 Å². The van der Waals surface area contributed by atoms with Gasteiger partial charge in [0.1, 0.15) is 5.82 Å². The lowest BCUT2D eigenvalue weighted by Crippen LogP contribution is -2.34. The zero-order valence-electron chi connectivity index (χ0n) is 12.8. The number of hydrogen-bond donors (Lipinski definition) is 3. The Labute approximate surface area is 121 Å². The molecule has 4 N–H and O–H groups in total. The monoisotopic (exact) mass is 281 g/mol. The van der Waals surface area contributed by atoms with Crippen LogP contribution < -0.4 is 16.4 Å². The van der Waals surface area contributed by atoms with Gasteiger partial charge in [0.25, 0.3) is 5.91 Å². The highest BCUT2D eigenvalue weighted by Crippen LogP contribution is 2.35. The fraction of sp³-hybridized carbons (Fsp3) is 0.667. The van der Waals surface area contributed by atoms with Crippen molar-refractivity contribution in [2.24, 2.45) is 5.73 Å². The Balaban J connectivity index is 2.38. The molecule has 0 aromatic heterocycles. The van der Waals surface area contributed by atoms with Gasteiger partial charge in [-0.15, -0.1) is 0 Å². The summed E-state index contributed by atoms with van der Waals surface area (Å²) in [5, 5.41) is 6.02. The first kappa shape index (κ1) is 16.6. The zero-order chi connectivity index (χ0) is 15.2. The highest BCUT2D eigenvalue weighted by atomic mass is 16.5. The molecule has 1 aliphatic carbocycles. The van der Waals surface area contributed by atoms with Gasteiger partial charge in [-0.1, -0.05) is 13.5 Å². The fourth-order valence-electron chi connectivity index (χ4n) is 1.65. The second kappa shape index (κ2) is 7.33. The van der Waals surface area contributed by atoms with Crippen LogP contribution in [0.15, 0.2) is 23.5 Å². The Morgan fingerprint density at radius 2 is 2.05 bits per heavy atom. The maximum atomic E-state index is 11.9. The van der Waals surface area contributed by atoms with E-state index < -0.39 is 0 Å². The molecule has 0 aromatic rings. The maximum absolute atomic E-state index is 11.9. The molecule has 1 amide bonds. The molecule has 0 heterocycles. The van der Waals surface area contributed by atoms with Crippen LogP contribution in [0.1, 0.15) is 40.0 Å². The van der Waals surface area contributed by atoms with Gasteiger partial charge in [-0.05, 0) is 33.1 Å². The minimum atomic E-state index is -0.201. The van der Waals surface area contributed by atoms with Gasteiger partial charge in [-0.3, -0.25) is 4.79 Å². The van der Waals surface area contributed by atoms with E-state index in [2.05, 4.69) is 24.1 Å². The van der Waals surface area contributed by atoms with E-state index in [1.54, 1.807) is 0 Å². The number of hydrogen-bond acceptors (Lipinski definition) is 4. The van der Waals surface area contributed by atoms with E-state index >= 15 is 0 Å². The topological polar surface area (TPSA) is 76.4 Å². The van der Waals surface area contributed by atoms with E-state index in [0.29, 0.717) is 36.7 Å². The van der Waals surface area contributed by atoms with Gasteiger partial charge >= 0.3 is 0 Å². The van der Waals surface area contributed by atoms with Crippen LogP contribution in [0, 0.1) is 0 Å². The summed E-state index contributed by atoms with van der Waals surface area (Å²) in [5.74, 6) is 0.334. The largest absolute Gasteiger partial charge is 0.385 e. The second-order valence-corrected chi connectivity index (χ2v) is 5.57. The lowest BCUT2D eigenvalue weighted by molar-refractivity contribution is -0.117. The van der Waals surface area contributed by atoms with Crippen molar-refractivity contribution in [2.45, 2.75) is 45.6 Å². The molecule has 1 saturated carbocycles. The predicted molar refractivity (Wildman–Crippen MR) is 80.9 cm³/mol. The average Bonchev–Trinajstić information content (AvgIpc) is 3.13. The quantitative estimate of drug-likeness (QED) is 0.339. The Kier molecular flexibility index (Phi) is 6.07. The van der Waals surface area contributed by atoms with Gasteiger partial charge in [0.05, 0.1) is 6.61 Å². The van der Waals surface area contributed by atoms with Crippen LogP contribution in [0.4, 0.5) is 0 Å². The fourth-order valence-corrected chi connectivity index (χ4v) is 1.65. The van der Waals surface area contributed by atoms with E-state index in [-0.39, 0.29) is 11.4 Å². The number of nitrogens with two attached hydrogens (primary N) is 1. The molecule has 5 nitrogen and oxygen atoms in total. The summed E-state index contributed by atoms with van der Waals surface area (Å²) >= 11 is 0. The van der Waals surface area contributed by atoms with Crippen molar-refractivity contribution in [1.82, 2.24) is 10.6 Å². The van der Waals surface area contributed by atoms with E-state index in [1.165, 1.54) is 0 Å². The summed E-state index contributed by atoms with van der Waals surface area (Å²) in [6, 6.07) is 0.